The lowest BCUT2D eigenvalue weighted by Gasteiger charge is -2.22. The van der Waals surface area contributed by atoms with Crippen LogP contribution in [-0.2, 0) is 4.74 Å². The molecule has 1 saturated heterocycles. The molecule has 1 atom stereocenters. The number of hydrogen-bond acceptors (Lipinski definition) is 5. The Morgan fingerprint density at radius 3 is 2.80 bits per heavy atom. The lowest BCUT2D eigenvalue weighted by atomic mass is 10.2. The van der Waals surface area contributed by atoms with Crippen molar-refractivity contribution in [2.45, 2.75) is 6.10 Å². The average molecular weight is 209 g/mol. The van der Waals surface area contributed by atoms with E-state index in [2.05, 4.69) is 15.3 Å². The van der Waals surface area contributed by atoms with Gasteiger partial charge in [-0.2, -0.15) is 0 Å². The molecular weight excluding hydrogens is 198 g/mol. The zero-order valence-corrected chi connectivity index (χ0v) is 8.01. The van der Waals surface area contributed by atoms with Crippen molar-refractivity contribution in [1.82, 2.24) is 15.3 Å². The minimum Gasteiger partial charge on any atom is -0.478 e. The number of nitrogens with one attached hydrogen (secondary N) is 1. The van der Waals surface area contributed by atoms with Crippen LogP contribution >= 0.6 is 0 Å². The van der Waals surface area contributed by atoms with Gasteiger partial charge in [0.15, 0.2) is 5.82 Å². The third kappa shape index (κ3) is 2.28. The molecule has 0 radical (unpaired) electrons. The first-order chi connectivity index (χ1) is 7.27. The number of aromatic nitrogens is 2. The Labute approximate surface area is 86.3 Å². The molecule has 6 nitrogen and oxygen atoms in total. The summed E-state index contributed by atoms with van der Waals surface area (Å²) in [4.78, 5) is 18.5. The highest BCUT2D eigenvalue weighted by atomic mass is 16.5. The molecule has 1 aliphatic rings. The fraction of sp³-hybridized carbons (Fsp3) is 0.444. The number of carboxylic acids is 1. The van der Waals surface area contributed by atoms with Gasteiger partial charge in [0, 0.05) is 25.5 Å². The number of nitrogens with zero attached hydrogens (tertiary/aromatic N) is 2. The largest absolute Gasteiger partial charge is 0.478 e. The Morgan fingerprint density at radius 1 is 1.53 bits per heavy atom. The molecule has 0 saturated carbocycles. The van der Waals surface area contributed by atoms with Crippen molar-refractivity contribution < 1.29 is 14.6 Å². The van der Waals surface area contributed by atoms with Gasteiger partial charge in [-0.25, -0.2) is 14.8 Å². The smallest absolute Gasteiger partial charge is 0.338 e. The molecule has 0 aliphatic carbocycles. The molecule has 1 aliphatic heterocycles. The van der Waals surface area contributed by atoms with Crippen LogP contribution in [0.4, 0.5) is 0 Å². The van der Waals surface area contributed by atoms with Crippen molar-refractivity contribution in [3.63, 3.8) is 0 Å². The van der Waals surface area contributed by atoms with Crippen LogP contribution in [0.2, 0.25) is 0 Å². The summed E-state index contributed by atoms with van der Waals surface area (Å²) in [6.45, 7) is 2.10. The van der Waals surface area contributed by atoms with E-state index < -0.39 is 5.97 Å². The summed E-state index contributed by atoms with van der Waals surface area (Å²) in [7, 11) is 0. The minimum absolute atomic E-state index is 0.0857. The van der Waals surface area contributed by atoms with Crippen LogP contribution in [-0.4, -0.2) is 40.7 Å². The highest BCUT2D eigenvalue weighted by Gasteiger charge is 2.18. The first kappa shape index (κ1) is 10.0. The van der Waals surface area contributed by atoms with Gasteiger partial charge in [-0.1, -0.05) is 0 Å². The third-order valence-corrected chi connectivity index (χ3v) is 2.13. The third-order valence-electron chi connectivity index (χ3n) is 2.13. The number of rotatable bonds is 2. The van der Waals surface area contributed by atoms with Crippen molar-refractivity contribution in [2.24, 2.45) is 0 Å². The van der Waals surface area contributed by atoms with E-state index in [0.717, 1.165) is 6.54 Å². The predicted octanol–water partition coefficient (Wildman–Crippen LogP) is -0.164. The Kier molecular flexibility index (Phi) is 2.89. The zero-order valence-electron chi connectivity index (χ0n) is 8.01. The van der Waals surface area contributed by atoms with Crippen molar-refractivity contribution in [3.8, 4) is 0 Å². The van der Waals surface area contributed by atoms with E-state index in [1.165, 1.54) is 12.4 Å². The monoisotopic (exact) mass is 209 g/mol. The summed E-state index contributed by atoms with van der Waals surface area (Å²) in [5, 5.41) is 11.8. The molecule has 0 spiro atoms. The van der Waals surface area contributed by atoms with Crippen LogP contribution in [0.15, 0.2) is 12.4 Å². The van der Waals surface area contributed by atoms with E-state index in [1.54, 1.807) is 0 Å². The fourth-order valence-electron chi connectivity index (χ4n) is 1.35. The molecule has 1 aromatic heterocycles. The Bertz CT molecular complexity index is 346. The topological polar surface area (TPSA) is 84.3 Å². The molecule has 1 aromatic rings. The van der Waals surface area contributed by atoms with Crippen LogP contribution < -0.4 is 5.32 Å². The van der Waals surface area contributed by atoms with Crippen molar-refractivity contribution in [3.05, 3.63) is 23.8 Å². The van der Waals surface area contributed by atoms with Crippen LogP contribution in [0.1, 0.15) is 22.3 Å². The molecule has 80 valence electrons. The van der Waals surface area contributed by atoms with Crippen LogP contribution in [0.5, 0.6) is 0 Å². The lowest BCUT2D eigenvalue weighted by Crippen LogP contribution is -2.34. The van der Waals surface area contributed by atoms with E-state index in [-0.39, 0.29) is 11.7 Å². The maximum absolute atomic E-state index is 10.6. The summed E-state index contributed by atoms with van der Waals surface area (Å²) >= 11 is 0. The molecule has 1 unspecified atom stereocenters. The SMILES string of the molecule is O=C(O)c1cnc(C2CNCCO2)nc1. The van der Waals surface area contributed by atoms with E-state index in [4.69, 9.17) is 9.84 Å². The summed E-state index contributed by atoms with van der Waals surface area (Å²) < 4.78 is 5.43. The number of ether oxygens (including phenoxy) is 1. The summed E-state index contributed by atoms with van der Waals surface area (Å²) in [5.41, 5.74) is 0.0857. The van der Waals surface area contributed by atoms with Crippen LogP contribution in [0.3, 0.4) is 0 Å². The molecular formula is C9H11N3O3. The second-order valence-electron chi connectivity index (χ2n) is 3.20. The normalized spacial score (nSPS) is 21.2. The second-order valence-corrected chi connectivity index (χ2v) is 3.20. The molecule has 2 N–H and O–H groups in total. The number of morpholine rings is 1. The zero-order chi connectivity index (χ0) is 10.7. The number of hydrogen-bond donors (Lipinski definition) is 2. The van der Waals surface area contributed by atoms with Gasteiger partial charge < -0.3 is 15.2 Å². The average Bonchev–Trinajstić information content (AvgIpc) is 2.30. The highest BCUT2D eigenvalue weighted by molar-refractivity contribution is 5.86. The van der Waals surface area contributed by atoms with Gasteiger partial charge in [0.1, 0.15) is 6.10 Å². The number of carbonyl (C=O) groups is 1. The van der Waals surface area contributed by atoms with Crippen molar-refractivity contribution >= 4 is 5.97 Å². The first-order valence-corrected chi connectivity index (χ1v) is 4.65. The molecule has 0 bridgehead atoms. The first-order valence-electron chi connectivity index (χ1n) is 4.65. The quantitative estimate of drug-likeness (QED) is 0.703. The predicted molar refractivity (Wildman–Crippen MR) is 50.6 cm³/mol. The van der Waals surface area contributed by atoms with Crippen LogP contribution in [0, 0.1) is 0 Å². The molecule has 2 rings (SSSR count). The van der Waals surface area contributed by atoms with Gasteiger partial charge in [0.2, 0.25) is 0 Å². The standard InChI is InChI=1S/C9H11N3O3/c13-9(14)6-3-11-8(12-4-6)7-5-10-1-2-15-7/h3-4,7,10H,1-2,5H2,(H,13,14). The molecule has 6 heteroatoms. The van der Waals surface area contributed by atoms with E-state index in [0.29, 0.717) is 19.0 Å². The summed E-state index contributed by atoms with van der Waals surface area (Å²) in [5.74, 6) is -0.503. The van der Waals surface area contributed by atoms with Crippen molar-refractivity contribution in [2.75, 3.05) is 19.7 Å². The maximum Gasteiger partial charge on any atom is 0.338 e. The molecule has 1 fully saturated rings. The van der Waals surface area contributed by atoms with E-state index >= 15 is 0 Å². The number of aromatic carboxylic acids is 1. The molecule has 2 heterocycles. The Morgan fingerprint density at radius 2 is 2.27 bits per heavy atom. The van der Waals surface area contributed by atoms with Crippen LogP contribution in [0.25, 0.3) is 0 Å². The molecule has 0 amide bonds. The summed E-state index contributed by atoms with van der Waals surface area (Å²) in [6.07, 6.45) is 2.41. The van der Waals surface area contributed by atoms with Crippen molar-refractivity contribution in [1.29, 1.82) is 0 Å². The van der Waals surface area contributed by atoms with Gasteiger partial charge >= 0.3 is 5.97 Å². The van der Waals surface area contributed by atoms with Gasteiger partial charge in [-0.15, -0.1) is 0 Å². The molecule has 0 aromatic carbocycles. The number of carboxylic acid groups (broad SMARTS) is 1. The minimum atomic E-state index is -1.02. The van der Waals surface area contributed by atoms with E-state index in [9.17, 15) is 4.79 Å². The lowest BCUT2D eigenvalue weighted by molar-refractivity contribution is 0.0220. The van der Waals surface area contributed by atoms with E-state index in [1.807, 2.05) is 0 Å². The van der Waals surface area contributed by atoms with Gasteiger partial charge in [-0.05, 0) is 0 Å². The van der Waals surface area contributed by atoms with Gasteiger partial charge in [0.25, 0.3) is 0 Å². The second kappa shape index (κ2) is 4.33. The Hall–Kier alpha value is -1.53. The molecule has 15 heavy (non-hydrogen) atoms. The van der Waals surface area contributed by atoms with Gasteiger partial charge in [-0.3, -0.25) is 0 Å². The van der Waals surface area contributed by atoms with Gasteiger partial charge in [0.05, 0.1) is 12.2 Å². The Balaban J connectivity index is 2.11. The fourth-order valence-corrected chi connectivity index (χ4v) is 1.35. The highest BCUT2D eigenvalue weighted by Crippen LogP contribution is 2.13. The maximum atomic E-state index is 10.6. The summed E-state index contributed by atoms with van der Waals surface area (Å²) in [6, 6.07) is 0.